The van der Waals surface area contributed by atoms with Crippen LogP contribution in [0.4, 0.5) is 0 Å². The number of sulfonamides is 1. The van der Waals surface area contributed by atoms with Crippen molar-refractivity contribution in [3.8, 4) is 0 Å². The molecule has 0 aliphatic carbocycles. The molecule has 1 aromatic heterocycles. The van der Waals surface area contributed by atoms with Gasteiger partial charge in [0.05, 0.1) is 4.90 Å². The number of carbonyl (C=O) groups is 1. The Hall–Kier alpha value is -2.23. The summed E-state index contributed by atoms with van der Waals surface area (Å²) in [5, 5.41) is 10.0. The molecule has 1 aromatic carbocycles. The number of nitrogens with zero attached hydrogens (tertiary/aromatic N) is 3. The molecule has 2 aromatic rings. The van der Waals surface area contributed by atoms with Crippen LogP contribution in [0.5, 0.6) is 0 Å². The Morgan fingerprint density at radius 1 is 1.27 bits per heavy atom. The number of piperazine rings is 1. The van der Waals surface area contributed by atoms with Crippen molar-refractivity contribution >= 4 is 15.9 Å². The van der Waals surface area contributed by atoms with E-state index in [2.05, 4.69) is 15.7 Å². The minimum Gasteiger partial charge on any atom is -0.352 e. The van der Waals surface area contributed by atoms with E-state index in [0.29, 0.717) is 44.7 Å². The first-order chi connectivity index (χ1) is 12.5. The molecule has 1 aliphatic rings. The molecule has 0 saturated carbocycles. The van der Waals surface area contributed by atoms with Crippen LogP contribution >= 0.6 is 0 Å². The molecule has 0 unspecified atom stereocenters. The predicted octanol–water partition coefficient (Wildman–Crippen LogP) is -0.0135. The second-order valence-electron chi connectivity index (χ2n) is 6.13. The van der Waals surface area contributed by atoms with E-state index in [1.54, 1.807) is 23.0 Å². The summed E-state index contributed by atoms with van der Waals surface area (Å²) in [6.07, 6.45) is 2.36. The van der Waals surface area contributed by atoms with E-state index in [4.69, 9.17) is 0 Å². The van der Waals surface area contributed by atoms with E-state index in [1.807, 2.05) is 13.1 Å². The molecule has 140 valence electrons. The van der Waals surface area contributed by atoms with Crippen LogP contribution < -0.4 is 10.6 Å². The van der Waals surface area contributed by atoms with Gasteiger partial charge < -0.3 is 10.6 Å². The van der Waals surface area contributed by atoms with Crippen molar-refractivity contribution in [2.75, 3.05) is 32.7 Å². The van der Waals surface area contributed by atoms with E-state index in [9.17, 15) is 13.2 Å². The second kappa shape index (κ2) is 7.98. The quantitative estimate of drug-likeness (QED) is 0.738. The van der Waals surface area contributed by atoms with E-state index in [-0.39, 0.29) is 10.8 Å². The molecular weight excluding hydrogens is 354 g/mol. The van der Waals surface area contributed by atoms with Gasteiger partial charge >= 0.3 is 0 Å². The second-order valence-corrected chi connectivity index (χ2v) is 8.07. The van der Waals surface area contributed by atoms with Crippen molar-refractivity contribution in [3.63, 3.8) is 0 Å². The fourth-order valence-corrected chi connectivity index (χ4v) is 4.37. The Bertz CT molecular complexity index is 872. The molecule has 1 fully saturated rings. The highest BCUT2D eigenvalue weighted by Gasteiger charge is 2.26. The van der Waals surface area contributed by atoms with Gasteiger partial charge in [0.1, 0.15) is 0 Å². The normalized spacial score (nSPS) is 15.7. The number of rotatable bonds is 6. The average Bonchev–Trinajstić information content (AvgIpc) is 3.07. The molecule has 9 heteroatoms. The van der Waals surface area contributed by atoms with Gasteiger partial charge in [0, 0.05) is 63.6 Å². The number of benzene rings is 1. The van der Waals surface area contributed by atoms with Crippen molar-refractivity contribution in [1.82, 2.24) is 24.7 Å². The van der Waals surface area contributed by atoms with Crippen molar-refractivity contribution < 1.29 is 13.2 Å². The largest absolute Gasteiger partial charge is 0.352 e. The van der Waals surface area contributed by atoms with E-state index in [1.165, 1.54) is 16.4 Å². The van der Waals surface area contributed by atoms with Crippen LogP contribution in [-0.4, -0.2) is 61.1 Å². The van der Waals surface area contributed by atoms with Gasteiger partial charge in [0.2, 0.25) is 10.0 Å². The number of nitrogens with one attached hydrogen (secondary N) is 2. The number of hydrogen-bond acceptors (Lipinski definition) is 5. The van der Waals surface area contributed by atoms with Gasteiger partial charge in [-0.1, -0.05) is 6.07 Å². The monoisotopic (exact) mass is 377 g/mol. The number of hydrogen-bond donors (Lipinski definition) is 2. The Morgan fingerprint density at radius 2 is 2.04 bits per heavy atom. The molecule has 1 amide bonds. The molecule has 2 heterocycles. The minimum atomic E-state index is -3.58. The highest BCUT2D eigenvalue weighted by Crippen LogP contribution is 2.17. The molecule has 1 saturated heterocycles. The lowest BCUT2D eigenvalue weighted by Gasteiger charge is -2.26. The van der Waals surface area contributed by atoms with E-state index < -0.39 is 10.0 Å². The highest BCUT2D eigenvalue weighted by molar-refractivity contribution is 7.89. The van der Waals surface area contributed by atoms with Gasteiger partial charge in [-0.15, -0.1) is 0 Å². The molecule has 26 heavy (non-hydrogen) atoms. The van der Waals surface area contributed by atoms with Gasteiger partial charge in [-0.3, -0.25) is 9.48 Å². The average molecular weight is 377 g/mol. The molecule has 0 atom stereocenters. The lowest BCUT2D eigenvalue weighted by atomic mass is 10.2. The number of aromatic nitrogens is 2. The SMILES string of the molecule is Cn1nccc1CCNC(=O)c1cccc(S(=O)(=O)N2CCNCC2)c1. The first-order valence-corrected chi connectivity index (χ1v) is 9.98. The van der Waals surface area contributed by atoms with Gasteiger partial charge in [-0.2, -0.15) is 9.40 Å². The predicted molar refractivity (Wildman–Crippen MR) is 97.3 cm³/mol. The third kappa shape index (κ3) is 4.12. The van der Waals surface area contributed by atoms with E-state index in [0.717, 1.165) is 5.69 Å². The number of carbonyl (C=O) groups excluding carboxylic acids is 1. The fraction of sp³-hybridized carbons (Fsp3) is 0.412. The summed E-state index contributed by atoms with van der Waals surface area (Å²) in [4.78, 5) is 12.5. The zero-order valence-corrected chi connectivity index (χ0v) is 15.5. The fourth-order valence-electron chi connectivity index (χ4n) is 2.88. The lowest BCUT2D eigenvalue weighted by Crippen LogP contribution is -2.46. The lowest BCUT2D eigenvalue weighted by molar-refractivity contribution is 0.0953. The molecule has 1 aliphatic heterocycles. The summed E-state index contributed by atoms with van der Waals surface area (Å²) in [6, 6.07) is 8.09. The number of aryl methyl sites for hydroxylation is 1. The number of amides is 1. The van der Waals surface area contributed by atoms with Crippen LogP contribution in [0.25, 0.3) is 0 Å². The van der Waals surface area contributed by atoms with E-state index >= 15 is 0 Å². The van der Waals surface area contributed by atoms with Gasteiger partial charge in [0.25, 0.3) is 5.91 Å². The highest BCUT2D eigenvalue weighted by atomic mass is 32.2. The molecule has 0 spiro atoms. The Balaban J connectivity index is 1.66. The van der Waals surface area contributed by atoms with Gasteiger partial charge in [0.15, 0.2) is 0 Å². The summed E-state index contributed by atoms with van der Waals surface area (Å²) >= 11 is 0. The van der Waals surface area contributed by atoms with Crippen molar-refractivity contribution in [1.29, 1.82) is 0 Å². The molecule has 3 rings (SSSR count). The Kier molecular flexibility index (Phi) is 5.70. The van der Waals surface area contributed by atoms with Crippen LogP contribution in [0.2, 0.25) is 0 Å². The Labute approximate surface area is 153 Å². The molecule has 0 bridgehead atoms. The minimum absolute atomic E-state index is 0.152. The summed E-state index contributed by atoms with van der Waals surface area (Å²) < 4.78 is 28.7. The summed E-state index contributed by atoms with van der Waals surface area (Å²) in [7, 11) is -1.73. The molecule has 8 nitrogen and oxygen atoms in total. The standard InChI is InChI=1S/C17H23N5O3S/c1-21-15(6-8-20-21)5-7-19-17(23)14-3-2-4-16(13-14)26(24,25)22-11-9-18-10-12-22/h2-4,6,8,13,18H,5,7,9-12H2,1H3,(H,19,23). The maximum absolute atomic E-state index is 12.7. The summed E-state index contributed by atoms with van der Waals surface area (Å²) in [6.45, 7) is 2.58. The van der Waals surface area contributed by atoms with Gasteiger partial charge in [-0.25, -0.2) is 8.42 Å². The molecule has 0 radical (unpaired) electrons. The van der Waals surface area contributed by atoms with Crippen LogP contribution in [0.1, 0.15) is 16.1 Å². The maximum Gasteiger partial charge on any atom is 0.251 e. The third-order valence-corrected chi connectivity index (χ3v) is 6.29. The third-order valence-electron chi connectivity index (χ3n) is 4.40. The molecular formula is C17H23N5O3S. The van der Waals surface area contributed by atoms with Crippen LogP contribution in [-0.2, 0) is 23.5 Å². The zero-order valence-electron chi connectivity index (χ0n) is 14.7. The maximum atomic E-state index is 12.7. The first-order valence-electron chi connectivity index (χ1n) is 8.54. The van der Waals surface area contributed by atoms with Crippen molar-refractivity contribution in [2.24, 2.45) is 7.05 Å². The smallest absolute Gasteiger partial charge is 0.251 e. The summed E-state index contributed by atoms with van der Waals surface area (Å²) in [5.74, 6) is -0.287. The van der Waals surface area contributed by atoms with Crippen molar-refractivity contribution in [2.45, 2.75) is 11.3 Å². The first kappa shape index (κ1) is 18.6. The van der Waals surface area contributed by atoms with Gasteiger partial charge in [-0.05, 0) is 24.3 Å². The van der Waals surface area contributed by atoms with Crippen LogP contribution in [0, 0.1) is 0 Å². The van der Waals surface area contributed by atoms with Crippen LogP contribution in [0.3, 0.4) is 0 Å². The summed E-state index contributed by atoms with van der Waals surface area (Å²) in [5.41, 5.74) is 1.35. The topological polar surface area (TPSA) is 96.3 Å². The van der Waals surface area contributed by atoms with Crippen LogP contribution in [0.15, 0.2) is 41.4 Å². The van der Waals surface area contributed by atoms with Crippen molar-refractivity contribution in [3.05, 3.63) is 47.8 Å². The Morgan fingerprint density at radius 3 is 2.73 bits per heavy atom. The zero-order chi connectivity index (χ0) is 18.6. The molecule has 2 N–H and O–H groups in total.